The van der Waals surface area contributed by atoms with Crippen LogP contribution in [0.1, 0.15) is 188 Å². The minimum absolute atomic E-state index is 0.217. The van der Waals surface area contributed by atoms with E-state index in [0.29, 0.717) is 6.42 Å². The number of rotatable bonds is 33. The Balaban J connectivity index is 3.92. The topological polar surface area (TPSA) is 119 Å². The fourth-order valence-electron chi connectivity index (χ4n) is 5.42. The predicted molar refractivity (Wildman–Crippen MR) is 184 cm³/mol. The molecule has 0 aromatic carbocycles. The van der Waals surface area contributed by atoms with Gasteiger partial charge >= 0.3 is 19.8 Å². The fraction of sp³-hybridized carbons (Fsp3) is 0.944. The van der Waals surface area contributed by atoms with Crippen molar-refractivity contribution in [1.29, 1.82) is 0 Å². The molecule has 0 fully saturated rings. The van der Waals surface area contributed by atoms with E-state index in [0.717, 1.165) is 50.4 Å². The highest BCUT2D eigenvalue weighted by Crippen LogP contribution is 2.36. The molecule has 0 bridgehead atoms. The summed E-state index contributed by atoms with van der Waals surface area (Å²) < 4.78 is 26.3. The number of hydrogen-bond donors (Lipinski definition) is 2. The standard InChI is InChI=1S/C36H71O8P/c1-5-33(4)27-23-19-16-17-20-24-28-35(37)42-30-34(31-43-45(39,40)41)44-36(38)29-25-21-15-13-11-9-7-6-8-10-12-14-18-22-26-32(2)3/h32-34H,5-31H2,1-4H3,(H2,39,40,41)/t33?,34-/m1/s1. The zero-order chi connectivity index (χ0) is 33.6. The van der Waals surface area contributed by atoms with E-state index in [4.69, 9.17) is 19.3 Å². The molecule has 0 aliphatic carbocycles. The molecule has 0 aromatic rings. The molecule has 2 atom stereocenters. The molecular weight excluding hydrogens is 591 g/mol. The molecule has 0 aliphatic heterocycles. The largest absolute Gasteiger partial charge is 0.469 e. The van der Waals surface area contributed by atoms with Crippen molar-refractivity contribution in [1.82, 2.24) is 0 Å². The molecule has 0 amide bonds. The first-order valence-corrected chi connectivity index (χ1v) is 20.1. The molecule has 1 unspecified atom stereocenters. The van der Waals surface area contributed by atoms with E-state index in [1.807, 2.05) is 0 Å². The molecule has 8 nitrogen and oxygen atoms in total. The smallest absolute Gasteiger partial charge is 0.462 e. The molecule has 45 heavy (non-hydrogen) atoms. The highest BCUT2D eigenvalue weighted by molar-refractivity contribution is 7.46. The van der Waals surface area contributed by atoms with Crippen LogP contribution in [0.4, 0.5) is 0 Å². The molecule has 268 valence electrons. The third-order valence-corrected chi connectivity index (χ3v) is 9.08. The monoisotopic (exact) mass is 662 g/mol. The molecular formula is C36H71O8P. The second-order valence-corrected chi connectivity index (χ2v) is 14.9. The third-order valence-electron chi connectivity index (χ3n) is 8.59. The van der Waals surface area contributed by atoms with Gasteiger partial charge in [-0.3, -0.25) is 14.1 Å². The Morgan fingerprint density at radius 2 is 0.978 bits per heavy atom. The van der Waals surface area contributed by atoms with E-state index in [1.54, 1.807) is 0 Å². The van der Waals surface area contributed by atoms with Gasteiger partial charge in [-0.2, -0.15) is 0 Å². The van der Waals surface area contributed by atoms with Gasteiger partial charge in [0.05, 0.1) is 6.61 Å². The maximum absolute atomic E-state index is 12.3. The summed E-state index contributed by atoms with van der Waals surface area (Å²) in [7, 11) is -4.74. The number of esters is 2. The molecule has 9 heteroatoms. The molecule has 0 aromatic heterocycles. The van der Waals surface area contributed by atoms with Crippen LogP contribution in [-0.4, -0.2) is 41.0 Å². The first-order valence-electron chi connectivity index (χ1n) is 18.6. The van der Waals surface area contributed by atoms with Gasteiger partial charge in [0.2, 0.25) is 0 Å². The van der Waals surface area contributed by atoms with Gasteiger partial charge in [-0.05, 0) is 24.7 Å². The molecule has 0 saturated heterocycles. The first kappa shape index (κ1) is 44.0. The average Bonchev–Trinajstić information content (AvgIpc) is 2.98. The highest BCUT2D eigenvalue weighted by atomic mass is 31.2. The summed E-state index contributed by atoms with van der Waals surface area (Å²) in [6, 6.07) is 0. The van der Waals surface area contributed by atoms with Gasteiger partial charge < -0.3 is 19.3 Å². The Morgan fingerprint density at radius 1 is 0.578 bits per heavy atom. The summed E-state index contributed by atoms with van der Waals surface area (Å²) in [4.78, 5) is 42.6. The zero-order valence-electron chi connectivity index (χ0n) is 29.6. The lowest BCUT2D eigenvalue weighted by molar-refractivity contribution is -0.161. The summed E-state index contributed by atoms with van der Waals surface area (Å²) >= 11 is 0. The summed E-state index contributed by atoms with van der Waals surface area (Å²) in [5.74, 6) is 0.741. The van der Waals surface area contributed by atoms with Crippen molar-refractivity contribution in [2.45, 2.75) is 194 Å². The van der Waals surface area contributed by atoms with Crippen LogP contribution in [0, 0.1) is 11.8 Å². The number of phosphoric ester groups is 1. The van der Waals surface area contributed by atoms with Crippen LogP contribution in [0.3, 0.4) is 0 Å². The van der Waals surface area contributed by atoms with Gasteiger partial charge in [0.15, 0.2) is 6.10 Å². The van der Waals surface area contributed by atoms with E-state index in [2.05, 4.69) is 32.2 Å². The van der Waals surface area contributed by atoms with Crippen LogP contribution in [0.15, 0.2) is 0 Å². The van der Waals surface area contributed by atoms with Crippen molar-refractivity contribution >= 4 is 19.8 Å². The van der Waals surface area contributed by atoms with Crippen molar-refractivity contribution in [2.75, 3.05) is 13.2 Å². The Bertz CT molecular complexity index is 739. The predicted octanol–water partition coefficient (Wildman–Crippen LogP) is 10.6. The van der Waals surface area contributed by atoms with Crippen molar-refractivity contribution < 1.29 is 37.9 Å². The maximum Gasteiger partial charge on any atom is 0.469 e. The second kappa shape index (κ2) is 30.4. The molecule has 0 saturated carbocycles. The van der Waals surface area contributed by atoms with Gasteiger partial charge in [0, 0.05) is 12.8 Å². The van der Waals surface area contributed by atoms with Crippen LogP contribution in [0.2, 0.25) is 0 Å². The van der Waals surface area contributed by atoms with Gasteiger partial charge in [0.25, 0.3) is 0 Å². The summed E-state index contributed by atoms with van der Waals surface area (Å²) in [6.45, 7) is 8.31. The Labute approximate surface area is 276 Å². The minimum atomic E-state index is -4.74. The van der Waals surface area contributed by atoms with Gasteiger partial charge in [0.1, 0.15) is 6.61 Å². The van der Waals surface area contributed by atoms with Crippen LogP contribution in [0.5, 0.6) is 0 Å². The van der Waals surface area contributed by atoms with E-state index in [-0.39, 0.29) is 19.4 Å². The van der Waals surface area contributed by atoms with E-state index < -0.39 is 32.5 Å². The van der Waals surface area contributed by atoms with Crippen molar-refractivity contribution in [3.8, 4) is 0 Å². The van der Waals surface area contributed by atoms with Crippen LogP contribution < -0.4 is 0 Å². The lowest BCUT2D eigenvalue weighted by Crippen LogP contribution is -2.29. The molecule has 2 N–H and O–H groups in total. The van der Waals surface area contributed by atoms with Crippen molar-refractivity contribution in [2.24, 2.45) is 11.8 Å². The van der Waals surface area contributed by atoms with Crippen LogP contribution in [-0.2, 0) is 28.2 Å². The van der Waals surface area contributed by atoms with Crippen molar-refractivity contribution in [3.05, 3.63) is 0 Å². The average molecular weight is 663 g/mol. The van der Waals surface area contributed by atoms with E-state index >= 15 is 0 Å². The lowest BCUT2D eigenvalue weighted by atomic mass is 10.00. The molecule has 0 radical (unpaired) electrons. The minimum Gasteiger partial charge on any atom is -0.462 e. The number of phosphoric acid groups is 1. The van der Waals surface area contributed by atoms with Gasteiger partial charge in [-0.25, -0.2) is 4.57 Å². The van der Waals surface area contributed by atoms with Crippen LogP contribution >= 0.6 is 7.82 Å². The second-order valence-electron chi connectivity index (χ2n) is 13.6. The number of hydrogen-bond acceptors (Lipinski definition) is 6. The first-order chi connectivity index (χ1) is 21.5. The molecule has 0 rings (SSSR count). The number of carbonyl (C=O) groups is 2. The van der Waals surface area contributed by atoms with Crippen molar-refractivity contribution in [3.63, 3.8) is 0 Å². The third kappa shape index (κ3) is 34.2. The number of carbonyl (C=O) groups excluding carboxylic acids is 2. The van der Waals surface area contributed by atoms with Gasteiger partial charge in [-0.15, -0.1) is 0 Å². The lowest BCUT2D eigenvalue weighted by Gasteiger charge is -2.18. The Hall–Kier alpha value is -0.950. The summed E-state index contributed by atoms with van der Waals surface area (Å²) in [6.07, 6.45) is 27.0. The Kier molecular flexibility index (Phi) is 29.7. The van der Waals surface area contributed by atoms with E-state index in [9.17, 15) is 14.2 Å². The molecule has 0 heterocycles. The van der Waals surface area contributed by atoms with E-state index in [1.165, 1.54) is 103 Å². The highest BCUT2D eigenvalue weighted by Gasteiger charge is 2.22. The molecule has 0 aliphatic rings. The maximum atomic E-state index is 12.3. The fourth-order valence-corrected chi connectivity index (χ4v) is 5.78. The summed E-state index contributed by atoms with van der Waals surface area (Å²) in [5, 5.41) is 0. The SMILES string of the molecule is CCC(C)CCCCCCCCC(=O)OC[C@H](COP(=O)(O)O)OC(=O)CCCCCCCCCCCCCCCCC(C)C. The Morgan fingerprint density at radius 3 is 1.40 bits per heavy atom. The number of ether oxygens (including phenoxy) is 2. The zero-order valence-corrected chi connectivity index (χ0v) is 30.5. The quantitative estimate of drug-likeness (QED) is 0.0405. The normalized spacial score (nSPS) is 13.2. The molecule has 0 spiro atoms. The van der Waals surface area contributed by atoms with Gasteiger partial charge in [-0.1, -0.05) is 163 Å². The van der Waals surface area contributed by atoms with Crippen LogP contribution in [0.25, 0.3) is 0 Å². The summed E-state index contributed by atoms with van der Waals surface area (Å²) in [5.41, 5.74) is 0. The number of unbranched alkanes of at least 4 members (excludes halogenated alkanes) is 18.